The summed E-state index contributed by atoms with van der Waals surface area (Å²) >= 11 is 1.27. The summed E-state index contributed by atoms with van der Waals surface area (Å²) in [6, 6.07) is 15.6. The molecule has 144 valence electrons. The van der Waals surface area contributed by atoms with Gasteiger partial charge < -0.3 is 10.1 Å². The summed E-state index contributed by atoms with van der Waals surface area (Å²) in [5.74, 6) is -2.16. The van der Waals surface area contributed by atoms with Crippen molar-refractivity contribution in [3.05, 3.63) is 60.2 Å². The number of carbonyl (C=O) groups is 4. The molecule has 9 heteroatoms. The molecule has 1 atom stereocenters. The van der Waals surface area contributed by atoms with Crippen molar-refractivity contribution < 1.29 is 23.9 Å². The average molecular weight is 399 g/mol. The zero-order valence-electron chi connectivity index (χ0n) is 14.6. The van der Waals surface area contributed by atoms with Crippen molar-refractivity contribution in [2.45, 2.75) is 16.6 Å². The summed E-state index contributed by atoms with van der Waals surface area (Å²) in [4.78, 5) is 48.4. The van der Waals surface area contributed by atoms with Gasteiger partial charge in [0, 0.05) is 10.5 Å². The quantitative estimate of drug-likeness (QED) is 0.519. The molecule has 0 saturated heterocycles. The van der Waals surface area contributed by atoms with Gasteiger partial charge in [-0.1, -0.05) is 30.3 Å². The van der Waals surface area contributed by atoms with Gasteiger partial charge in [0.05, 0.1) is 17.4 Å². The fourth-order valence-corrected chi connectivity index (χ4v) is 3.50. The van der Waals surface area contributed by atoms with Crippen LogP contribution in [0, 0.1) is 0 Å². The standard InChI is InChI=1S/C19H17N3O5S/c23-16(21-22-18(25)12-6-2-1-3-7-12)11-27-17(24)10-15-19(26)20-13-8-4-5-9-14(13)28-15/h1-9,15H,10-11H2,(H,20,26)(H,21,23)(H,22,25)/t15-/m0/s1. The lowest BCUT2D eigenvalue weighted by molar-refractivity contribution is -0.149. The number of ether oxygens (including phenoxy) is 1. The van der Waals surface area contributed by atoms with Crippen LogP contribution in [0.25, 0.3) is 0 Å². The van der Waals surface area contributed by atoms with Gasteiger partial charge in [0.1, 0.15) is 0 Å². The first-order valence-electron chi connectivity index (χ1n) is 8.39. The van der Waals surface area contributed by atoms with E-state index in [2.05, 4.69) is 16.2 Å². The minimum absolute atomic E-state index is 0.172. The molecular weight excluding hydrogens is 382 g/mol. The molecule has 0 fully saturated rings. The van der Waals surface area contributed by atoms with Crippen molar-refractivity contribution in [3.8, 4) is 0 Å². The molecule has 3 N–H and O–H groups in total. The summed E-state index contributed by atoms with van der Waals surface area (Å²) < 4.78 is 4.89. The predicted molar refractivity (Wildman–Crippen MR) is 102 cm³/mol. The van der Waals surface area contributed by atoms with Crippen molar-refractivity contribution in [1.82, 2.24) is 10.9 Å². The maximum Gasteiger partial charge on any atom is 0.307 e. The van der Waals surface area contributed by atoms with E-state index in [1.165, 1.54) is 11.8 Å². The molecule has 0 unspecified atom stereocenters. The minimum atomic E-state index is -0.691. The number of fused-ring (bicyclic) bond motifs is 1. The lowest BCUT2D eigenvalue weighted by Gasteiger charge is -2.23. The van der Waals surface area contributed by atoms with Crippen molar-refractivity contribution in [2.75, 3.05) is 11.9 Å². The molecule has 2 aromatic carbocycles. The third kappa shape index (κ3) is 5.10. The Balaban J connectivity index is 1.41. The van der Waals surface area contributed by atoms with E-state index in [1.54, 1.807) is 36.4 Å². The highest BCUT2D eigenvalue weighted by Crippen LogP contribution is 2.36. The first kappa shape index (κ1) is 19.4. The van der Waals surface area contributed by atoms with Crippen LogP contribution in [-0.4, -0.2) is 35.5 Å². The molecular formula is C19H17N3O5S. The second-order valence-corrected chi connectivity index (χ2v) is 7.07. The number of nitrogens with one attached hydrogen (secondary N) is 3. The SMILES string of the molecule is O=C(COC(=O)C[C@@H]1Sc2ccccc2NC1=O)NNC(=O)c1ccccc1. The van der Waals surface area contributed by atoms with Crippen LogP contribution in [0.4, 0.5) is 5.69 Å². The van der Waals surface area contributed by atoms with Crippen molar-refractivity contribution in [2.24, 2.45) is 0 Å². The smallest absolute Gasteiger partial charge is 0.307 e. The largest absolute Gasteiger partial charge is 0.455 e. The number of anilines is 1. The van der Waals surface area contributed by atoms with Gasteiger partial charge in [-0.2, -0.15) is 0 Å². The normalized spacial score (nSPS) is 15.0. The summed E-state index contributed by atoms with van der Waals surface area (Å²) in [6.45, 7) is -0.566. The van der Waals surface area contributed by atoms with Gasteiger partial charge >= 0.3 is 5.97 Å². The Kier molecular flexibility index (Phi) is 6.28. The van der Waals surface area contributed by atoms with E-state index in [9.17, 15) is 19.2 Å². The number of carbonyl (C=O) groups excluding carboxylic acids is 4. The highest BCUT2D eigenvalue weighted by molar-refractivity contribution is 8.01. The molecule has 0 aromatic heterocycles. The molecule has 3 amide bonds. The van der Waals surface area contributed by atoms with E-state index in [1.807, 2.05) is 18.2 Å². The van der Waals surface area contributed by atoms with Crippen LogP contribution in [0.5, 0.6) is 0 Å². The Morgan fingerprint density at radius 2 is 1.71 bits per heavy atom. The first-order chi connectivity index (χ1) is 13.5. The Morgan fingerprint density at radius 1 is 1.00 bits per heavy atom. The molecule has 1 aliphatic heterocycles. The van der Waals surface area contributed by atoms with Crippen LogP contribution < -0.4 is 16.2 Å². The van der Waals surface area contributed by atoms with E-state index >= 15 is 0 Å². The lowest BCUT2D eigenvalue weighted by atomic mass is 10.2. The molecule has 0 saturated carbocycles. The van der Waals surface area contributed by atoms with Gasteiger partial charge in [0.25, 0.3) is 11.8 Å². The average Bonchev–Trinajstić information content (AvgIpc) is 2.71. The number of benzene rings is 2. The van der Waals surface area contributed by atoms with E-state index in [-0.39, 0.29) is 12.3 Å². The number of para-hydroxylation sites is 1. The lowest BCUT2D eigenvalue weighted by Crippen LogP contribution is -2.43. The Labute approximate surface area is 165 Å². The second-order valence-electron chi connectivity index (χ2n) is 5.83. The number of esters is 1. The number of hydrogen-bond acceptors (Lipinski definition) is 6. The molecule has 8 nitrogen and oxygen atoms in total. The molecule has 3 rings (SSSR count). The molecule has 2 aromatic rings. The van der Waals surface area contributed by atoms with Crippen LogP contribution in [-0.2, 0) is 19.1 Å². The first-order valence-corrected chi connectivity index (χ1v) is 9.27. The van der Waals surface area contributed by atoms with Gasteiger partial charge in [-0.05, 0) is 24.3 Å². The molecule has 0 radical (unpaired) electrons. The number of amides is 3. The topological polar surface area (TPSA) is 114 Å². The van der Waals surface area contributed by atoms with Crippen molar-refractivity contribution >= 4 is 41.1 Å². The number of thioether (sulfide) groups is 1. The van der Waals surface area contributed by atoms with Crippen molar-refractivity contribution in [3.63, 3.8) is 0 Å². The molecule has 0 aliphatic carbocycles. The van der Waals surface area contributed by atoms with Gasteiger partial charge in [0.15, 0.2) is 6.61 Å². The van der Waals surface area contributed by atoms with E-state index < -0.39 is 29.6 Å². The van der Waals surface area contributed by atoms with Crippen LogP contribution >= 0.6 is 11.8 Å². The van der Waals surface area contributed by atoms with E-state index in [0.717, 1.165) is 4.90 Å². The summed E-state index contributed by atoms with van der Waals surface area (Å²) in [5.41, 5.74) is 5.47. The fourth-order valence-electron chi connectivity index (χ4n) is 2.41. The maximum atomic E-state index is 12.1. The number of hydrazine groups is 1. The zero-order chi connectivity index (χ0) is 19.9. The second kappa shape index (κ2) is 9.05. The van der Waals surface area contributed by atoms with Crippen LogP contribution in [0.15, 0.2) is 59.5 Å². The predicted octanol–water partition coefficient (Wildman–Crippen LogP) is 1.49. The molecule has 1 aliphatic rings. The van der Waals surface area contributed by atoms with Gasteiger partial charge in [-0.15, -0.1) is 11.8 Å². The third-order valence-corrected chi connectivity index (χ3v) is 5.05. The Hall–Kier alpha value is -3.33. The van der Waals surface area contributed by atoms with E-state index in [0.29, 0.717) is 11.3 Å². The molecule has 28 heavy (non-hydrogen) atoms. The molecule has 0 bridgehead atoms. The molecule has 1 heterocycles. The van der Waals surface area contributed by atoms with Crippen LogP contribution in [0.2, 0.25) is 0 Å². The van der Waals surface area contributed by atoms with Crippen LogP contribution in [0.1, 0.15) is 16.8 Å². The van der Waals surface area contributed by atoms with Gasteiger partial charge in [0.2, 0.25) is 5.91 Å². The monoisotopic (exact) mass is 399 g/mol. The summed E-state index contributed by atoms with van der Waals surface area (Å²) in [7, 11) is 0. The molecule has 0 spiro atoms. The maximum absolute atomic E-state index is 12.1. The van der Waals surface area contributed by atoms with E-state index in [4.69, 9.17) is 4.74 Å². The summed E-state index contributed by atoms with van der Waals surface area (Å²) in [6.07, 6.45) is -0.172. The van der Waals surface area contributed by atoms with Crippen LogP contribution in [0.3, 0.4) is 0 Å². The summed E-state index contributed by atoms with van der Waals surface area (Å²) in [5, 5.41) is 2.10. The third-order valence-electron chi connectivity index (χ3n) is 3.77. The van der Waals surface area contributed by atoms with Gasteiger partial charge in [-0.3, -0.25) is 30.0 Å². The number of rotatable bonds is 5. The Morgan fingerprint density at radius 3 is 2.50 bits per heavy atom. The highest BCUT2D eigenvalue weighted by Gasteiger charge is 2.29. The minimum Gasteiger partial charge on any atom is -0.455 e. The van der Waals surface area contributed by atoms with Crippen molar-refractivity contribution in [1.29, 1.82) is 0 Å². The Bertz CT molecular complexity index is 903. The number of hydrogen-bond donors (Lipinski definition) is 3. The highest BCUT2D eigenvalue weighted by atomic mass is 32.2. The zero-order valence-corrected chi connectivity index (χ0v) is 15.5. The van der Waals surface area contributed by atoms with Gasteiger partial charge in [-0.25, -0.2) is 0 Å². The fraction of sp³-hybridized carbons (Fsp3) is 0.158.